The average Bonchev–Trinajstić information content (AvgIpc) is 2.96. The number of hydrogen-bond acceptors (Lipinski definition) is 12. The molecular formula is C27H36N10O6. The van der Waals surface area contributed by atoms with Crippen molar-refractivity contribution >= 4 is 46.7 Å². The Morgan fingerprint density at radius 3 is 2.60 bits per heavy atom. The van der Waals surface area contributed by atoms with Crippen molar-refractivity contribution in [3.63, 3.8) is 0 Å². The van der Waals surface area contributed by atoms with Crippen LogP contribution in [0.2, 0.25) is 0 Å². The third kappa shape index (κ3) is 10.3. The quantitative estimate of drug-likeness (QED) is 0.0638. The SMILES string of the molecule is CCNC(=NCCCN(C)C)OC(=O)CCC(NC(=O)c1ccc(NCc2cnc3nc(N)[nH]c(=O)c3n2)cc1)C(=O)O. The number of rotatable bonds is 14. The van der Waals surface area contributed by atoms with Crippen molar-refractivity contribution in [3.8, 4) is 0 Å². The second-order valence-electron chi connectivity index (χ2n) is 9.67. The summed E-state index contributed by atoms with van der Waals surface area (Å²) in [6.45, 7) is 3.84. The first-order valence-electron chi connectivity index (χ1n) is 13.6. The first kappa shape index (κ1) is 32.4. The molecule has 43 heavy (non-hydrogen) atoms. The Morgan fingerprint density at radius 1 is 1.19 bits per heavy atom. The highest BCUT2D eigenvalue weighted by molar-refractivity contribution is 5.97. The number of aromatic nitrogens is 4. The van der Waals surface area contributed by atoms with Gasteiger partial charge in [-0.15, -0.1) is 0 Å². The Kier molecular flexibility index (Phi) is 11.9. The van der Waals surface area contributed by atoms with Gasteiger partial charge in [-0.05, 0) is 64.7 Å². The summed E-state index contributed by atoms with van der Waals surface area (Å²) in [6.07, 6.45) is 1.83. The van der Waals surface area contributed by atoms with Gasteiger partial charge in [-0.25, -0.2) is 19.8 Å². The molecule has 0 bridgehead atoms. The number of carboxylic acid groups (broad SMARTS) is 1. The molecule has 3 rings (SSSR count). The maximum atomic E-state index is 12.7. The normalized spacial score (nSPS) is 12.1. The van der Waals surface area contributed by atoms with Crippen LogP contribution in [0.4, 0.5) is 11.6 Å². The van der Waals surface area contributed by atoms with Crippen molar-refractivity contribution in [3.05, 3.63) is 52.1 Å². The molecule has 0 saturated heterocycles. The Balaban J connectivity index is 1.51. The van der Waals surface area contributed by atoms with Gasteiger partial charge in [0.05, 0.1) is 18.4 Å². The highest BCUT2D eigenvalue weighted by Gasteiger charge is 2.23. The highest BCUT2D eigenvalue weighted by atomic mass is 16.6. The maximum absolute atomic E-state index is 12.7. The number of aliphatic imine (C=N–C) groups is 1. The number of aliphatic carboxylic acids is 1. The summed E-state index contributed by atoms with van der Waals surface area (Å²) < 4.78 is 5.26. The molecule has 1 amide bonds. The smallest absolute Gasteiger partial charge is 0.326 e. The minimum Gasteiger partial charge on any atom is -0.480 e. The zero-order chi connectivity index (χ0) is 31.4. The van der Waals surface area contributed by atoms with Gasteiger partial charge in [-0.1, -0.05) is 0 Å². The van der Waals surface area contributed by atoms with E-state index in [4.69, 9.17) is 10.5 Å². The minimum absolute atomic E-state index is 0.0513. The van der Waals surface area contributed by atoms with Crippen LogP contribution in [0.3, 0.4) is 0 Å². The van der Waals surface area contributed by atoms with E-state index in [-0.39, 0.29) is 48.1 Å². The van der Waals surface area contributed by atoms with E-state index in [1.165, 1.54) is 18.3 Å². The lowest BCUT2D eigenvalue weighted by Gasteiger charge is -2.15. The first-order chi connectivity index (χ1) is 20.5. The average molecular weight is 597 g/mol. The van der Waals surface area contributed by atoms with E-state index < -0.39 is 29.4 Å². The van der Waals surface area contributed by atoms with Crippen LogP contribution in [-0.4, -0.2) is 93.6 Å². The molecule has 0 aliphatic carbocycles. The number of aromatic amines is 1. The topological polar surface area (TPSA) is 230 Å². The number of carbonyl (C=O) groups excluding carboxylic acids is 2. The summed E-state index contributed by atoms with van der Waals surface area (Å²) in [4.78, 5) is 69.8. The van der Waals surface area contributed by atoms with E-state index in [1.54, 1.807) is 12.1 Å². The lowest BCUT2D eigenvalue weighted by Crippen LogP contribution is -2.41. The number of ether oxygens (including phenoxy) is 1. The fourth-order valence-electron chi connectivity index (χ4n) is 3.75. The van der Waals surface area contributed by atoms with Crippen LogP contribution in [0, 0.1) is 0 Å². The Hall–Kier alpha value is -5.12. The van der Waals surface area contributed by atoms with Gasteiger partial charge in [-0.2, -0.15) is 4.98 Å². The molecule has 0 aliphatic rings. The minimum atomic E-state index is -1.31. The largest absolute Gasteiger partial charge is 0.480 e. The molecule has 0 radical (unpaired) electrons. The zero-order valence-corrected chi connectivity index (χ0v) is 24.2. The molecule has 230 valence electrons. The maximum Gasteiger partial charge on any atom is 0.326 e. The number of hydrogen-bond donors (Lipinski definition) is 6. The van der Waals surface area contributed by atoms with Crippen molar-refractivity contribution in [2.75, 3.05) is 44.8 Å². The van der Waals surface area contributed by atoms with E-state index in [0.717, 1.165) is 13.0 Å². The summed E-state index contributed by atoms with van der Waals surface area (Å²) in [6, 6.07) is 5.07. The van der Waals surface area contributed by atoms with Crippen molar-refractivity contribution < 1.29 is 24.2 Å². The molecule has 16 nitrogen and oxygen atoms in total. The summed E-state index contributed by atoms with van der Waals surface area (Å²) in [5, 5.41) is 18.0. The Morgan fingerprint density at radius 2 is 1.93 bits per heavy atom. The third-order valence-corrected chi connectivity index (χ3v) is 5.90. The number of fused-ring (bicyclic) bond motifs is 1. The van der Waals surface area contributed by atoms with Gasteiger partial charge < -0.3 is 36.4 Å². The number of benzene rings is 1. The van der Waals surface area contributed by atoms with Crippen molar-refractivity contribution in [1.82, 2.24) is 35.5 Å². The Labute approximate surface area is 247 Å². The second-order valence-corrected chi connectivity index (χ2v) is 9.67. The number of amides is 1. The fourth-order valence-corrected chi connectivity index (χ4v) is 3.75. The molecule has 0 saturated carbocycles. The van der Waals surface area contributed by atoms with E-state index in [0.29, 0.717) is 24.5 Å². The number of esters is 1. The summed E-state index contributed by atoms with van der Waals surface area (Å²) >= 11 is 0. The Bertz CT molecular complexity index is 1510. The molecular weight excluding hydrogens is 560 g/mol. The van der Waals surface area contributed by atoms with Gasteiger partial charge in [0.15, 0.2) is 11.2 Å². The number of anilines is 2. The molecule has 1 atom stereocenters. The molecule has 1 unspecified atom stereocenters. The number of H-pyrrole nitrogens is 1. The lowest BCUT2D eigenvalue weighted by atomic mass is 10.1. The number of amidine groups is 1. The van der Waals surface area contributed by atoms with Crippen molar-refractivity contribution in [2.45, 2.75) is 38.8 Å². The summed E-state index contributed by atoms with van der Waals surface area (Å²) in [5.41, 5.74) is 6.55. The van der Waals surface area contributed by atoms with E-state index in [1.807, 2.05) is 25.9 Å². The van der Waals surface area contributed by atoms with Gasteiger partial charge in [-0.3, -0.25) is 19.4 Å². The van der Waals surface area contributed by atoms with Gasteiger partial charge in [0.2, 0.25) is 5.95 Å². The van der Waals surface area contributed by atoms with Gasteiger partial charge in [0.1, 0.15) is 6.04 Å². The summed E-state index contributed by atoms with van der Waals surface area (Å²) in [5.74, 6) is -2.61. The van der Waals surface area contributed by atoms with Crippen LogP contribution >= 0.6 is 0 Å². The number of carbonyl (C=O) groups is 3. The number of nitrogen functional groups attached to an aromatic ring is 1. The van der Waals surface area contributed by atoms with E-state index in [9.17, 15) is 24.3 Å². The molecule has 0 aliphatic heterocycles. The highest BCUT2D eigenvalue weighted by Crippen LogP contribution is 2.12. The standard InChI is InChI=1S/C27H36N10O6/c1-4-29-27(30-12-5-13-37(2)3)43-20(38)11-10-19(25(41)42)34-23(39)16-6-8-17(9-7-16)31-14-18-15-32-22-21(33-18)24(40)36-26(28)35-22/h6-9,15,19,31H,4-5,10-14H2,1-3H3,(H,29,30)(H,34,39)(H,41,42)(H3,28,32,35,36,40). The monoisotopic (exact) mass is 596 g/mol. The predicted molar refractivity (Wildman–Crippen MR) is 160 cm³/mol. The zero-order valence-electron chi connectivity index (χ0n) is 24.2. The van der Waals surface area contributed by atoms with Crippen LogP contribution in [-0.2, 0) is 20.9 Å². The first-order valence-corrected chi connectivity index (χ1v) is 13.6. The number of nitrogens with one attached hydrogen (secondary N) is 4. The molecule has 0 spiro atoms. The molecule has 1 aromatic carbocycles. The number of carboxylic acids is 1. The summed E-state index contributed by atoms with van der Waals surface area (Å²) in [7, 11) is 3.90. The molecule has 16 heteroatoms. The fraction of sp³-hybridized carbons (Fsp3) is 0.407. The van der Waals surface area contributed by atoms with Crippen LogP contribution in [0.15, 0.2) is 40.2 Å². The van der Waals surface area contributed by atoms with E-state index >= 15 is 0 Å². The lowest BCUT2D eigenvalue weighted by molar-refractivity contribution is -0.140. The van der Waals surface area contributed by atoms with Crippen LogP contribution < -0.4 is 27.2 Å². The predicted octanol–water partition coefficient (Wildman–Crippen LogP) is 0.331. The molecule has 3 aromatic rings. The molecule has 7 N–H and O–H groups in total. The van der Waals surface area contributed by atoms with Crippen molar-refractivity contribution in [1.29, 1.82) is 0 Å². The second kappa shape index (κ2) is 15.8. The van der Waals surface area contributed by atoms with Gasteiger partial charge >= 0.3 is 11.9 Å². The number of nitrogens with zero attached hydrogens (tertiary/aromatic N) is 5. The molecule has 2 heterocycles. The van der Waals surface area contributed by atoms with Crippen molar-refractivity contribution in [2.24, 2.45) is 4.99 Å². The molecule has 0 fully saturated rings. The van der Waals surface area contributed by atoms with Gasteiger partial charge in [0, 0.05) is 30.8 Å². The van der Waals surface area contributed by atoms with E-state index in [2.05, 4.69) is 40.9 Å². The third-order valence-electron chi connectivity index (χ3n) is 5.90. The molecule has 2 aromatic heterocycles. The van der Waals surface area contributed by atoms with Crippen LogP contribution in [0.1, 0.15) is 42.2 Å². The number of nitrogens with two attached hydrogens (primary N) is 1. The van der Waals surface area contributed by atoms with Crippen LogP contribution in [0.25, 0.3) is 11.2 Å². The van der Waals surface area contributed by atoms with Crippen LogP contribution in [0.5, 0.6) is 0 Å². The van der Waals surface area contributed by atoms with Gasteiger partial charge in [0.25, 0.3) is 17.5 Å².